The standard InChI is InChI=1S/C17H27NO/c1-12-5-4-6-16(10-12)19-11-17(18)15-8-13(2)7-14(3)9-15/h7-9,12,16-17H,4-6,10-11,18H2,1-3H3. The number of nitrogens with two attached hydrogens (primary N) is 1. The summed E-state index contributed by atoms with van der Waals surface area (Å²) in [5, 5.41) is 0. The molecule has 2 rings (SSSR count). The summed E-state index contributed by atoms with van der Waals surface area (Å²) < 4.78 is 6.02. The molecule has 2 nitrogen and oxygen atoms in total. The van der Waals surface area contributed by atoms with Gasteiger partial charge in [-0.3, -0.25) is 0 Å². The van der Waals surface area contributed by atoms with Gasteiger partial charge in [0.2, 0.25) is 0 Å². The maximum atomic E-state index is 6.26. The van der Waals surface area contributed by atoms with Crippen LogP contribution in [0.2, 0.25) is 0 Å². The molecule has 2 heteroatoms. The minimum absolute atomic E-state index is 0.00386. The van der Waals surface area contributed by atoms with Crippen LogP contribution in [0.25, 0.3) is 0 Å². The number of rotatable bonds is 4. The minimum atomic E-state index is -0.00386. The summed E-state index contributed by atoms with van der Waals surface area (Å²) in [6.45, 7) is 7.19. The van der Waals surface area contributed by atoms with Crippen molar-refractivity contribution in [3.63, 3.8) is 0 Å². The lowest BCUT2D eigenvalue weighted by atomic mass is 9.88. The molecule has 1 aromatic rings. The molecule has 1 fully saturated rings. The topological polar surface area (TPSA) is 35.2 Å². The van der Waals surface area contributed by atoms with E-state index in [4.69, 9.17) is 10.5 Å². The molecule has 1 aliphatic rings. The van der Waals surface area contributed by atoms with Gasteiger partial charge in [-0.25, -0.2) is 0 Å². The van der Waals surface area contributed by atoms with E-state index in [1.807, 2.05) is 0 Å². The average Bonchev–Trinajstić information content (AvgIpc) is 2.35. The van der Waals surface area contributed by atoms with E-state index >= 15 is 0 Å². The number of aryl methyl sites for hydroxylation is 2. The molecule has 0 radical (unpaired) electrons. The van der Waals surface area contributed by atoms with Crippen LogP contribution in [0.4, 0.5) is 0 Å². The van der Waals surface area contributed by atoms with E-state index in [9.17, 15) is 0 Å². The van der Waals surface area contributed by atoms with Gasteiger partial charge >= 0.3 is 0 Å². The zero-order valence-corrected chi connectivity index (χ0v) is 12.5. The quantitative estimate of drug-likeness (QED) is 0.892. The highest BCUT2D eigenvalue weighted by Gasteiger charge is 2.20. The largest absolute Gasteiger partial charge is 0.376 e. The Balaban J connectivity index is 1.88. The van der Waals surface area contributed by atoms with Crippen molar-refractivity contribution in [2.24, 2.45) is 11.7 Å². The Hall–Kier alpha value is -0.860. The van der Waals surface area contributed by atoms with Crippen molar-refractivity contribution in [2.75, 3.05) is 6.61 Å². The van der Waals surface area contributed by atoms with Gasteiger partial charge in [-0.1, -0.05) is 49.1 Å². The second kappa shape index (κ2) is 6.53. The van der Waals surface area contributed by atoms with Crippen LogP contribution < -0.4 is 5.73 Å². The Bertz CT molecular complexity index is 395. The number of hydrogen-bond donors (Lipinski definition) is 1. The van der Waals surface area contributed by atoms with Crippen LogP contribution in [0.1, 0.15) is 55.3 Å². The van der Waals surface area contributed by atoms with E-state index in [2.05, 4.69) is 39.0 Å². The van der Waals surface area contributed by atoms with Crippen molar-refractivity contribution < 1.29 is 4.74 Å². The SMILES string of the molecule is Cc1cc(C)cc(C(N)COC2CCCC(C)C2)c1. The molecule has 3 unspecified atom stereocenters. The fraction of sp³-hybridized carbons (Fsp3) is 0.647. The summed E-state index contributed by atoms with van der Waals surface area (Å²) in [6.07, 6.45) is 5.46. The van der Waals surface area contributed by atoms with E-state index in [1.54, 1.807) is 0 Å². The molecular formula is C17H27NO. The molecule has 2 N–H and O–H groups in total. The molecule has 106 valence electrons. The second-order valence-electron chi connectivity index (χ2n) is 6.25. The van der Waals surface area contributed by atoms with E-state index in [0.717, 1.165) is 5.92 Å². The molecule has 0 amide bonds. The minimum Gasteiger partial charge on any atom is -0.376 e. The molecule has 19 heavy (non-hydrogen) atoms. The van der Waals surface area contributed by atoms with Gasteiger partial charge in [0.25, 0.3) is 0 Å². The Morgan fingerprint density at radius 3 is 2.53 bits per heavy atom. The number of ether oxygens (including phenoxy) is 1. The molecule has 1 aromatic carbocycles. The lowest BCUT2D eigenvalue weighted by Crippen LogP contribution is -2.26. The first-order valence-corrected chi connectivity index (χ1v) is 7.50. The number of hydrogen-bond acceptors (Lipinski definition) is 2. The summed E-state index contributed by atoms with van der Waals surface area (Å²) in [6, 6.07) is 6.52. The normalized spacial score (nSPS) is 25.3. The van der Waals surface area contributed by atoms with Gasteiger partial charge in [0.05, 0.1) is 18.8 Å². The number of benzene rings is 1. The second-order valence-corrected chi connectivity index (χ2v) is 6.25. The zero-order valence-electron chi connectivity index (χ0n) is 12.5. The van der Waals surface area contributed by atoms with E-state index in [0.29, 0.717) is 12.7 Å². The predicted octanol–water partition coefficient (Wildman–Crippen LogP) is 3.90. The molecule has 0 heterocycles. The first-order chi connectivity index (χ1) is 9.04. The summed E-state index contributed by atoms with van der Waals surface area (Å²) >= 11 is 0. The van der Waals surface area contributed by atoms with Crippen molar-refractivity contribution in [3.8, 4) is 0 Å². The molecule has 3 atom stereocenters. The molecule has 0 aromatic heterocycles. The van der Waals surface area contributed by atoms with Gasteiger partial charge in [0.1, 0.15) is 0 Å². The van der Waals surface area contributed by atoms with Crippen LogP contribution in [-0.2, 0) is 4.74 Å². The van der Waals surface area contributed by atoms with Crippen molar-refractivity contribution in [1.82, 2.24) is 0 Å². The third-order valence-electron chi connectivity index (χ3n) is 4.07. The summed E-state index contributed by atoms with van der Waals surface area (Å²) in [7, 11) is 0. The maximum Gasteiger partial charge on any atom is 0.0663 e. The molecule has 0 aliphatic heterocycles. The molecular weight excluding hydrogens is 234 g/mol. The Kier molecular flexibility index (Phi) is 5.00. The zero-order chi connectivity index (χ0) is 13.8. The van der Waals surface area contributed by atoms with E-state index in [1.165, 1.54) is 42.4 Å². The Labute approximate surface area is 117 Å². The smallest absolute Gasteiger partial charge is 0.0663 e. The van der Waals surface area contributed by atoms with Crippen LogP contribution in [0.5, 0.6) is 0 Å². The Morgan fingerprint density at radius 1 is 1.21 bits per heavy atom. The van der Waals surface area contributed by atoms with Crippen LogP contribution in [0.15, 0.2) is 18.2 Å². The van der Waals surface area contributed by atoms with Gasteiger partial charge in [0.15, 0.2) is 0 Å². The lowest BCUT2D eigenvalue weighted by molar-refractivity contribution is 0.00851. The van der Waals surface area contributed by atoms with Gasteiger partial charge < -0.3 is 10.5 Å². The van der Waals surface area contributed by atoms with Crippen LogP contribution >= 0.6 is 0 Å². The van der Waals surface area contributed by atoms with Gasteiger partial charge in [-0.2, -0.15) is 0 Å². The highest BCUT2D eigenvalue weighted by molar-refractivity contribution is 5.30. The van der Waals surface area contributed by atoms with Crippen LogP contribution in [0, 0.1) is 19.8 Å². The molecule has 1 saturated carbocycles. The van der Waals surface area contributed by atoms with E-state index < -0.39 is 0 Å². The summed E-state index contributed by atoms with van der Waals surface area (Å²) in [5.74, 6) is 0.802. The lowest BCUT2D eigenvalue weighted by Gasteiger charge is -2.28. The average molecular weight is 261 g/mol. The third kappa shape index (κ3) is 4.32. The molecule has 1 aliphatic carbocycles. The van der Waals surface area contributed by atoms with Gasteiger partial charge in [-0.05, 0) is 38.2 Å². The first-order valence-electron chi connectivity index (χ1n) is 7.50. The first kappa shape index (κ1) is 14.5. The predicted molar refractivity (Wildman–Crippen MR) is 80.2 cm³/mol. The van der Waals surface area contributed by atoms with Crippen molar-refractivity contribution >= 4 is 0 Å². The monoisotopic (exact) mass is 261 g/mol. The summed E-state index contributed by atoms with van der Waals surface area (Å²) in [4.78, 5) is 0. The van der Waals surface area contributed by atoms with Crippen molar-refractivity contribution in [2.45, 2.75) is 58.6 Å². The Morgan fingerprint density at radius 2 is 1.89 bits per heavy atom. The maximum absolute atomic E-state index is 6.26. The fourth-order valence-electron chi connectivity index (χ4n) is 3.09. The van der Waals surface area contributed by atoms with E-state index in [-0.39, 0.29) is 6.04 Å². The van der Waals surface area contributed by atoms with Crippen molar-refractivity contribution in [3.05, 3.63) is 34.9 Å². The van der Waals surface area contributed by atoms with Crippen LogP contribution in [-0.4, -0.2) is 12.7 Å². The van der Waals surface area contributed by atoms with Gasteiger partial charge in [-0.15, -0.1) is 0 Å². The van der Waals surface area contributed by atoms with Gasteiger partial charge in [0, 0.05) is 0 Å². The highest BCUT2D eigenvalue weighted by Crippen LogP contribution is 2.26. The fourth-order valence-corrected chi connectivity index (χ4v) is 3.09. The molecule has 0 spiro atoms. The summed E-state index contributed by atoms with van der Waals surface area (Å²) in [5.41, 5.74) is 10.0. The highest BCUT2D eigenvalue weighted by atomic mass is 16.5. The molecule has 0 saturated heterocycles. The van der Waals surface area contributed by atoms with Crippen LogP contribution in [0.3, 0.4) is 0 Å². The molecule has 0 bridgehead atoms. The van der Waals surface area contributed by atoms with Crippen molar-refractivity contribution in [1.29, 1.82) is 0 Å². The third-order valence-corrected chi connectivity index (χ3v) is 4.07.